The van der Waals surface area contributed by atoms with Crippen LogP contribution < -0.4 is 0 Å². The maximum Gasteiger partial charge on any atom is 0.306 e. The number of para-hydroxylation sites is 2. The number of aliphatic hydroxyl groups excluding tert-OH is 20. The molecule has 7 saturated heterocycles. The Hall–Kier alpha value is -10.1. The number of hydrogen-bond donors (Lipinski definition) is 31. The average Bonchev–Trinajstić information content (AvgIpc) is 0.783. The molecule has 7 fully saturated rings. The Morgan fingerprint density at radius 3 is 1.34 bits per heavy atom. The summed E-state index contributed by atoms with van der Waals surface area (Å²) in [4.78, 5) is 34.0. The zero-order valence-electron chi connectivity index (χ0n) is 78.5. The molecule has 0 saturated carbocycles. The fourth-order valence-electron chi connectivity index (χ4n) is 13.5. The summed E-state index contributed by atoms with van der Waals surface area (Å²) in [7, 11) is 0. The SMILES string of the molecule is C=Cc1ccc(O)c(O)c1.CC1OCC(O)[C@H](O)[C@H]1O.CCC(=O)O[C@H]1[C@H](O)[C@@H](O)CO[C@@H]1CO[C@@H]1O[C@H](CO)[C@@H](O)[C@H](O)[C@H]1O.C[C@@H]1OC[C@H](O)C[C@H]1O.C[C@@H]1O[C@@H](O[C@@H]2[C@@H](O)[C@H](OCCc3ccc(O)c(O)c3)O[C@H](COC(=O)CCc3ccc(O)c(O)c3)[C@H]2O)[C@H](O)C[C@H]1O.O.O.O.O=COC1[C@H](CO)OC[C@H](O)[C@H]1O.OCCc1ccc(O)c(O)c1.OCCc1ccc(O)cc1.Oc1ccccc1O. The van der Waals surface area contributed by atoms with Crippen molar-refractivity contribution in [3.8, 4) is 63.2 Å². The van der Waals surface area contributed by atoms with E-state index in [-0.39, 0.29) is 177 Å². The van der Waals surface area contributed by atoms with E-state index >= 15 is 0 Å². The molecule has 6 aromatic carbocycles. The Bertz CT molecular complexity index is 4500. The van der Waals surface area contributed by atoms with Gasteiger partial charge in [-0.2, -0.15) is 0 Å². The van der Waals surface area contributed by atoms with Crippen molar-refractivity contribution in [2.75, 3.05) is 72.7 Å². The van der Waals surface area contributed by atoms with Gasteiger partial charge in [-0.05, 0) is 147 Å². The van der Waals surface area contributed by atoms with Crippen LogP contribution >= 0.6 is 0 Å². The van der Waals surface area contributed by atoms with Gasteiger partial charge in [0.25, 0.3) is 6.47 Å². The maximum atomic E-state index is 12.5. The molecule has 143 heavy (non-hydrogen) atoms. The number of benzene rings is 6. The maximum absolute atomic E-state index is 12.5. The second kappa shape index (κ2) is 66.1. The van der Waals surface area contributed by atoms with Crippen LogP contribution in [0.1, 0.15) is 81.2 Å². The molecule has 37 N–H and O–H groups in total. The van der Waals surface area contributed by atoms with Crippen LogP contribution in [0.25, 0.3) is 6.08 Å². The predicted molar refractivity (Wildman–Crippen MR) is 492 cm³/mol. The Kier molecular flexibility index (Phi) is 59.7. The molecule has 50 nitrogen and oxygen atoms in total. The fourth-order valence-corrected chi connectivity index (χ4v) is 13.5. The largest absolute Gasteiger partial charge is 0.508 e. The molecule has 812 valence electrons. The van der Waals surface area contributed by atoms with Crippen LogP contribution in [0.15, 0.2) is 128 Å². The first-order valence-electron chi connectivity index (χ1n) is 44.4. The molecule has 3 unspecified atom stereocenters. The zero-order chi connectivity index (χ0) is 104. The van der Waals surface area contributed by atoms with Crippen LogP contribution in [0.4, 0.5) is 0 Å². The minimum atomic E-state index is -1.60. The van der Waals surface area contributed by atoms with Gasteiger partial charge in [-0.15, -0.1) is 0 Å². The van der Waals surface area contributed by atoms with Crippen LogP contribution in [0, 0.1) is 0 Å². The molecular weight excluding hydrogens is 1920 g/mol. The first-order valence-corrected chi connectivity index (χ1v) is 44.4. The number of esters is 2. The predicted octanol–water partition coefficient (Wildman–Crippen LogP) is -6.25. The third-order valence-corrected chi connectivity index (χ3v) is 22.0. The van der Waals surface area contributed by atoms with E-state index in [2.05, 4.69) is 11.3 Å². The van der Waals surface area contributed by atoms with Crippen LogP contribution in [0.3, 0.4) is 0 Å². The number of rotatable bonds is 25. The molecule has 0 spiro atoms. The number of ether oxygens (including phenoxy) is 13. The lowest BCUT2D eigenvalue weighted by atomic mass is 9.98. The Balaban J connectivity index is 0.000000589. The van der Waals surface area contributed by atoms with E-state index in [1.54, 1.807) is 94.4 Å². The molecule has 13 rings (SSSR count). The van der Waals surface area contributed by atoms with Crippen LogP contribution in [-0.4, -0.2) is 443 Å². The second-order valence-electron chi connectivity index (χ2n) is 32.7. The van der Waals surface area contributed by atoms with E-state index in [1.807, 2.05) is 0 Å². The summed E-state index contributed by atoms with van der Waals surface area (Å²) in [5.74, 6) is -2.83. The van der Waals surface area contributed by atoms with Crippen molar-refractivity contribution in [3.63, 3.8) is 0 Å². The lowest BCUT2D eigenvalue weighted by molar-refractivity contribution is -0.348. The number of phenols is 11. The number of aliphatic hydroxyl groups is 20. The Morgan fingerprint density at radius 2 is 0.846 bits per heavy atom. The summed E-state index contributed by atoms with van der Waals surface area (Å²) in [6.45, 7) is 8.87. The van der Waals surface area contributed by atoms with Gasteiger partial charge in [0.15, 0.2) is 88.6 Å². The van der Waals surface area contributed by atoms with Gasteiger partial charge in [0, 0.05) is 38.9 Å². The van der Waals surface area contributed by atoms with E-state index in [0.29, 0.717) is 37.0 Å². The van der Waals surface area contributed by atoms with Crippen molar-refractivity contribution in [2.45, 2.75) is 257 Å². The number of hydrogen-bond acceptors (Lipinski definition) is 47. The molecule has 0 bridgehead atoms. The highest BCUT2D eigenvalue weighted by molar-refractivity contribution is 5.70. The lowest BCUT2D eigenvalue weighted by Crippen LogP contribution is -2.62. The minimum Gasteiger partial charge on any atom is -0.508 e. The van der Waals surface area contributed by atoms with E-state index in [9.17, 15) is 85.9 Å². The molecule has 0 amide bonds. The average molecular weight is 2060 g/mol. The van der Waals surface area contributed by atoms with E-state index in [1.165, 1.54) is 60.7 Å². The summed E-state index contributed by atoms with van der Waals surface area (Å²) in [6, 6.07) is 30.4. The van der Waals surface area contributed by atoms with Crippen molar-refractivity contribution >= 4 is 24.5 Å². The molecule has 7 aliphatic heterocycles. The van der Waals surface area contributed by atoms with Crippen molar-refractivity contribution in [3.05, 3.63) is 156 Å². The third-order valence-electron chi connectivity index (χ3n) is 22.0. The van der Waals surface area contributed by atoms with Crippen molar-refractivity contribution < 1.29 is 251 Å². The minimum absolute atomic E-state index is 0. The molecule has 0 radical (unpaired) electrons. The fraction of sp³-hybridized carbons (Fsp3) is 0.559. The van der Waals surface area contributed by atoms with Crippen LogP contribution in [0.2, 0.25) is 0 Å². The van der Waals surface area contributed by atoms with Gasteiger partial charge in [-0.1, -0.05) is 68.1 Å². The zero-order valence-corrected chi connectivity index (χ0v) is 78.5. The lowest BCUT2D eigenvalue weighted by Gasteiger charge is -2.45. The summed E-state index contributed by atoms with van der Waals surface area (Å²) in [6.07, 6.45) is -28.3. The van der Waals surface area contributed by atoms with Crippen molar-refractivity contribution in [1.82, 2.24) is 0 Å². The molecule has 7 aliphatic rings. The first-order chi connectivity index (χ1) is 66.3. The molecule has 7 heterocycles. The van der Waals surface area contributed by atoms with Gasteiger partial charge < -0.3 is 236 Å². The first kappa shape index (κ1) is 129. The molecule has 6 aromatic rings. The Morgan fingerprint density at radius 1 is 0.385 bits per heavy atom. The number of carbonyl (C=O) groups excluding carboxylic acids is 3. The monoisotopic (exact) mass is 2060 g/mol. The highest BCUT2D eigenvalue weighted by Gasteiger charge is 2.51. The topological polar surface area (TPSA) is 893 Å². The molecular formula is C93H140O50. The van der Waals surface area contributed by atoms with Crippen LogP contribution in [0.5, 0.6) is 63.2 Å². The summed E-state index contributed by atoms with van der Waals surface area (Å²) < 4.78 is 68.4. The van der Waals surface area contributed by atoms with Gasteiger partial charge in [0.05, 0.1) is 89.5 Å². The molecule has 0 aromatic heterocycles. The molecule has 29 atom stereocenters. The summed E-state index contributed by atoms with van der Waals surface area (Å²) >= 11 is 0. The van der Waals surface area contributed by atoms with Gasteiger partial charge in [-0.3, -0.25) is 14.4 Å². The smallest absolute Gasteiger partial charge is 0.306 e. The van der Waals surface area contributed by atoms with E-state index in [0.717, 1.165) is 16.7 Å². The van der Waals surface area contributed by atoms with Gasteiger partial charge in [-0.25, -0.2) is 0 Å². The van der Waals surface area contributed by atoms with E-state index in [4.69, 9.17) is 144 Å². The van der Waals surface area contributed by atoms with E-state index < -0.39 is 197 Å². The highest BCUT2D eigenvalue weighted by Crippen LogP contribution is 2.35. The van der Waals surface area contributed by atoms with Gasteiger partial charge in [0.1, 0.15) is 122 Å². The number of carbonyl (C=O) groups is 3. The second-order valence-corrected chi connectivity index (χ2v) is 32.7. The van der Waals surface area contributed by atoms with Gasteiger partial charge >= 0.3 is 11.9 Å². The Labute approximate surface area is 820 Å². The van der Waals surface area contributed by atoms with Crippen LogP contribution in [-0.2, 0) is 102 Å². The van der Waals surface area contributed by atoms with Crippen molar-refractivity contribution in [2.24, 2.45) is 0 Å². The summed E-state index contributed by atoms with van der Waals surface area (Å²) in [5.41, 5.74) is 3.84. The highest BCUT2D eigenvalue weighted by atomic mass is 16.7. The standard InChI is InChI=1S/C29H38O14.C15H26O11.C8H10O3.C8H10O2.C8H8O2.C7H12O6.C6H12O4.C6H12O3.C6H6O2.3H2O/c1-14-19(32)12-22(35)28(41-14)43-27-25(37)23(13-40-24(36)7-4-15-2-5-17(30)20(33)10-15)42-29(26(27)38)39-9-8-16-3-6-18(31)21(34)11-16;1-2-9(18)26-14-8(23-4-6(17)10(14)19)5-24-15-13(22)12(21)11(20)7(3-16)25-15;9-4-3-6-1-2-7(10)8(11)5-6;9-6-5-7-1-3-8(10)4-2-7;1-2-6-3-4-7(9)8(10)5-6;8-1-5-7(13-3-9)6(11)4(10)2-12-5;1-3-5(8)6(9)4(7)2-10-3;1-4-6(8)2-5(7)3-9-4;7-5-3-1-2-4-6(5)8;;;/h2-3,5-6,10-11,14,19,22-23,25-35,37-38H,4,7-9,12-13H2,1H3;6-8,10-17,19-22H,2-5H2,1H3;1-2,5,9-11H,3-4H2;1-4,9-10H,5-6H2;2-5,9-10H,1H2;3-8,10-11H,1-2H2;3-9H,2H2,1H3;4-8H,2-3H2,1H3;1-4,7-8H;3*1H2/t14-,19+,22+,23+,25+,26+,27-,28-,29+;6-,7+,8+,10+,11+,12-,13+,14+,15+;;;;4-,5-,6+,7?;3?,4?,5-,6-;4-,5+,6+;;;;/m00...000..../s1. The normalized spacial score (nSPS) is 29.8. The van der Waals surface area contributed by atoms with Crippen molar-refractivity contribution in [1.29, 1.82) is 0 Å². The quantitative estimate of drug-likeness (QED) is 0.0110. The number of aromatic hydroxyl groups is 11. The molecule has 0 aliphatic carbocycles. The third kappa shape index (κ3) is 42.5. The summed E-state index contributed by atoms with van der Waals surface area (Å²) in [5, 5.41) is 290. The van der Waals surface area contributed by atoms with Gasteiger partial charge in [0.2, 0.25) is 0 Å². The molecule has 50 heteroatoms. The number of phenolic OH excluding ortho intramolecular Hbond substituents is 11. The number of aryl methyl sites for hydroxylation is 1.